The standard InChI is InChI=1S/C38H50O10/c1-21(2)41-29-17-31(43-23(5)6)35(32(18-29)44-24(7)8)37(39)47-27-13-15-28(16-14-27)48-38(40)36-33(45-25(9)10)19-30(42-22(3)4)20-34(36)46-26(11)12/h13-26H,1-12H3. The average Bonchev–Trinajstić information content (AvgIpc) is 2.91. The third kappa shape index (κ3) is 11.3. The molecule has 0 aliphatic heterocycles. The van der Waals surface area contributed by atoms with Crippen molar-refractivity contribution in [2.45, 2.75) is 120 Å². The molecule has 262 valence electrons. The highest BCUT2D eigenvalue weighted by Crippen LogP contribution is 2.39. The molecular formula is C38H50O10. The van der Waals surface area contributed by atoms with Crippen LogP contribution in [0.1, 0.15) is 104 Å². The van der Waals surface area contributed by atoms with Crippen molar-refractivity contribution in [1.82, 2.24) is 0 Å². The van der Waals surface area contributed by atoms with E-state index in [1.807, 2.05) is 83.1 Å². The van der Waals surface area contributed by atoms with Crippen molar-refractivity contribution in [2.75, 3.05) is 0 Å². The first-order valence-corrected chi connectivity index (χ1v) is 16.4. The Balaban J connectivity index is 1.91. The van der Waals surface area contributed by atoms with E-state index in [9.17, 15) is 9.59 Å². The van der Waals surface area contributed by atoms with Gasteiger partial charge in [-0.15, -0.1) is 0 Å². The molecule has 0 saturated carbocycles. The lowest BCUT2D eigenvalue weighted by molar-refractivity contribution is 0.0704. The molecule has 0 saturated heterocycles. The van der Waals surface area contributed by atoms with Crippen LogP contribution in [0.5, 0.6) is 46.0 Å². The second kappa shape index (κ2) is 17.0. The van der Waals surface area contributed by atoms with E-state index in [1.54, 1.807) is 24.3 Å². The normalized spacial score (nSPS) is 11.4. The van der Waals surface area contributed by atoms with E-state index in [1.165, 1.54) is 24.3 Å². The number of carbonyl (C=O) groups is 2. The summed E-state index contributed by atoms with van der Waals surface area (Å²) >= 11 is 0. The van der Waals surface area contributed by atoms with E-state index in [4.69, 9.17) is 37.9 Å². The van der Waals surface area contributed by atoms with Crippen molar-refractivity contribution < 1.29 is 47.5 Å². The molecule has 0 atom stereocenters. The summed E-state index contributed by atoms with van der Waals surface area (Å²) in [6.45, 7) is 22.5. The van der Waals surface area contributed by atoms with Crippen LogP contribution in [0.3, 0.4) is 0 Å². The maximum absolute atomic E-state index is 13.6. The smallest absolute Gasteiger partial charge is 0.351 e. The molecule has 0 heterocycles. The molecule has 0 unspecified atom stereocenters. The zero-order valence-corrected chi connectivity index (χ0v) is 30.2. The van der Waals surface area contributed by atoms with Gasteiger partial charge in [0.2, 0.25) is 0 Å². The van der Waals surface area contributed by atoms with Crippen LogP contribution in [0.15, 0.2) is 48.5 Å². The highest BCUT2D eigenvalue weighted by molar-refractivity contribution is 5.98. The van der Waals surface area contributed by atoms with Crippen LogP contribution >= 0.6 is 0 Å². The lowest BCUT2D eigenvalue weighted by atomic mass is 10.1. The van der Waals surface area contributed by atoms with Gasteiger partial charge in [0.15, 0.2) is 0 Å². The summed E-state index contributed by atoms with van der Waals surface area (Å²) < 4.78 is 47.3. The van der Waals surface area contributed by atoms with Crippen molar-refractivity contribution in [3.8, 4) is 46.0 Å². The predicted octanol–water partition coefficient (Wildman–Crippen LogP) is 8.85. The third-order valence-corrected chi connectivity index (χ3v) is 5.93. The summed E-state index contributed by atoms with van der Waals surface area (Å²) in [5.41, 5.74) is 0.258. The molecule has 10 nitrogen and oxygen atoms in total. The number of ether oxygens (including phenoxy) is 8. The van der Waals surface area contributed by atoms with Gasteiger partial charge in [-0.05, 0) is 107 Å². The van der Waals surface area contributed by atoms with Gasteiger partial charge in [-0.1, -0.05) is 0 Å². The Bertz CT molecular complexity index is 1340. The molecule has 0 amide bonds. The van der Waals surface area contributed by atoms with Gasteiger partial charge in [-0.2, -0.15) is 0 Å². The molecule has 0 fully saturated rings. The van der Waals surface area contributed by atoms with Crippen molar-refractivity contribution in [2.24, 2.45) is 0 Å². The fourth-order valence-corrected chi connectivity index (χ4v) is 4.49. The zero-order valence-electron chi connectivity index (χ0n) is 30.2. The van der Waals surface area contributed by atoms with Gasteiger partial charge in [0.05, 0.1) is 36.6 Å². The summed E-state index contributed by atoms with van der Waals surface area (Å²) in [5, 5.41) is 0. The van der Waals surface area contributed by atoms with Crippen LogP contribution < -0.4 is 37.9 Å². The van der Waals surface area contributed by atoms with Gasteiger partial charge >= 0.3 is 11.9 Å². The van der Waals surface area contributed by atoms with E-state index < -0.39 is 11.9 Å². The number of rotatable bonds is 16. The van der Waals surface area contributed by atoms with Crippen LogP contribution in [0, 0.1) is 0 Å². The fraction of sp³-hybridized carbons (Fsp3) is 0.474. The van der Waals surface area contributed by atoms with Gasteiger partial charge in [-0.3, -0.25) is 0 Å². The highest BCUT2D eigenvalue weighted by atomic mass is 16.6. The topological polar surface area (TPSA) is 108 Å². The lowest BCUT2D eigenvalue weighted by Crippen LogP contribution is -2.18. The van der Waals surface area contributed by atoms with Gasteiger partial charge < -0.3 is 37.9 Å². The summed E-state index contributed by atoms with van der Waals surface area (Å²) in [6.07, 6.45) is -1.13. The van der Waals surface area contributed by atoms with Crippen LogP contribution in [-0.2, 0) is 0 Å². The number of hydrogen-bond acceptors (Lipinski definition) is 10. The quantitative estimate of drug-likeness (QED) is 0.109. The Kier molecular flexibility index (Phi) is 13.4. The summed E-state index contributed by atoms with van der Waals surface area (Å²) in [7, 11) is 0. The number of hydrogen-bond donors (Lipinski definition) is 0. The van der Waals surface area contributed by atoms with Crippen molar-refractivity contribution in [3.05, 3.63) is 59.7 Å². The van der Waals surface area contributed by atoms with Crippen molar-refractivity contribution >= 4 is 11.9 Å². The molecule has 0 aromatic heterocycles. The van der Waals surface area contributed by atoms with Crippen LogP contribution in [-0.4, -0.2) is 48.6 Å². The minimum atomic E-state index is -0.684. The van der Waals surface area contributed by atoms with Gasteiger partial charge in [0.25, 0.3) is 0 Å². The number of esters is 2. The molecule has 0 spiro atoms. The van der Waals surface area contributed by atoms with E-state index in [2.05, 4.69) is 0 Å². The second-order valence-electron chi connectivity index (χ2n) is 12.8. The summed E-state index contributed by atoms with van der Waals surface area (Å²) in [5.74, 6) is 1.18. The monoisotopic (exact) mass is 666 g/mol. The number of benzene rings is 3. The molecule has 0 aliphatic carbocycles. The maximum atomic E-state index is 13.6. The Hall–Kier alpha value is -4.60. The Morgan fingerprint density at radius 1 is 0.375 bits per heavy atom. The molecule has 0 N–H and O–H groups in total. The van der Waals surface area contributed by atoms with E-state index in [-0.39, 0.29) is 82.2 Å². The molecule has 0 bridgehead atoms. The van der Waals surface area contributed by atoms with Crippen LogP contribution in [0.25, 0.3) is 0 Å². The SMILES string of the molecule is CC(C)Oc1cc(OC(C)C)c(C(=O)Oc2ccc(OC(=O)c3c(OC(C)C)cc(OC(C)C)cc3OC(C)C)cc2)c(OC(C)C)c1. The van der Waals surface area contributed by atoms with Gasteiger partial charge in [0, 0.05) is 24.3 Å². The van der Waals surface area contributed by atoms with Crippen LogP contribution in [0.4, 0.5) is 0 Å². The predicted molar refractivity (Wildman–Crippen MR) is 184 cm³/mol. The molecule has 48 heavy (non-hydrogen) atoms. The fourth-order valence-electron chi connectivity index (χ4n) is 4.49. The van der Waals surface area contributed by atoms with E-state index in [0.29, 0.717) is 11.5 Å². The molecule has 3 aromatic rings. The molecular weight excluding hydrogens is 616 g/mol. The van der Waals surface area contributed by atoms with Crippen LogP contribution in [0.2, 0.25) is 0 Å². The molecule has 3 rings (SSSR count). The second-order valence-corrected chi connectivity index (χ2v) is 12.8. The Labute approximate surface area is 284 Å². The Morgan fingerprint density at radius 3 is 0.812 bits per heavy atom. The Morgan fingerprint density at radius 2 is 0.604 bits per heavy atom. The molecule has 10 heteroatoms. The van der Waals surface area contributed by atoms with Gasteiger partial charge in [-0.25, -0.2) is 9.59 Å². The summed E-state index contributed by atoms with van der Waals surface area (Å²) in [4.78, 5) is 27.2. The minimum Gasteiger partial charge on any atom is -0.491 e. The first-order valence-electron chi connectivity index (χ1n) is 16.4. The maximum Gasteiger partial charge on any atom is 0.351 e. The van der Waals surface area contributed by atoms with Gasteiger partial charge in [0.1, 0.15) is 57.1 Å². The van der Waals surface area contributed by atoms with E-state index >= 15 is 0 Å². The minimum absolute atomic E-state index is 0.101. The van der Waals surface area contributed by atoms with Crippen molar-refractivity contribution in [3.63, 3.8) is 0 Å². The largest absolute Gasteiger partial charge is 0.491 e. The number of carbonyl (C=O) groups excluding carboxylic acids is 2. The van der Waals surface area contributed by atoms with E-state index in [0.717, 1.165) is 0 Å². The molecule has 3 aromatic carbocycles. The average molecular weight is 667 g/mol. The lowest BCUT2D eigenvalue weighted by Gasteiger charge is -2.21. The highest BCUT2D eigenvalue weighted by Gasteiger charge is 2.27. The molecule has 0 aliphatic rings. The molecule has 0 radical (unpaired) electrons. The first-order chi connectivity index (χ1) is 22.5. The van der Waals surface area contributed by atoms with Crippen molar-refractivity contribution in [1.29, 1.82) is 0 Å². The zero-order chi connectivity index (χ0) is 35.7. The summed E-state index contributed by atoms with van der Waals surface area (Å²) in [6, 6.07) is 12.7. The first kappa shape index (κ1) is 37.9. The third-order valence-electron chi connectivity index (χ3n) is 5.93.